The first-order valence-electron chi connectivity index (χ1n) is 8.96. The Morgan fingerprint density at radius 2 is 1.86 bits per heavy atom. The molecule has 0 aliphatic carbocycles. The van der Waals surface area contributed by atoms with E-state index in [4.69, 9.17) is 4.74 Å². The van der Waals surface area contributed by atoms with E-state index in [9.17, 15) is 17.6 Å². The van der Waals surface area contributed by atoms with E-state index in [1.165, 1.54) is 30.6 Å². The average molecular weight is 396 g/mol. The summed E-state index contributed by atoms with van der Waals surface area (Å²) in [4.78, 5) is 5.90. The van der Waals surface area contributed by atoms with Gasteiger partial charge in [-0.1, -0.05) is 13.8 Å². The van der Waals surface area contributed by atoms with Gasteiger partial charge in [-0.3, -0.25) is 0 Å². The second-order valence-corrected chi connectivity index (χ2v) is 6.89. The monoisotopic (exact) mass is 396 g/mol. The van der Waals surface area contributed by atoms with Crippen LogP contribution >= 0.6 is 0 Å². The third kappa shape index (κ3) is 5.24. The molecule has 28 heavy (non-hydrogen) atoms. The molecule has 0 heterocycles. The number of aryl methyl sites for hydroxylation is 1. The lowest BCUT2D eigenvalue weighted by Gasteiger charge is -2.17. The molecule has 2 aromatic carbocycles. The molecular formula is C21H24F4N2O. The van der Waals surface area contributed by atoms with E-state index in [-0.39, 0.29) is 23.1 Å². The number of nitrogens with zero attached hydrogens (tertiary/aromatic N) is 2. The number of benzene rings is 2. The molecule has 0 bridgehead atoms. The fraction of sp³-hybridized carbons (Fsp3) is 0.381. The molecule has 0 radical (unpaired) electrons. The van der Waals surface area contributed by atoms with Gasteiger partial charge in [-0.2, -0.15) is 13.2 Å². The zero-order valence-corrected chi connectivity index (χ0v) is 16.6. The highest BCUT2D eigenvalue weighted by molar-refractivity contribution is 5.65. The molecule has 0 fully saturated rings. The van der Waals surface area contributed by atoms with Crippen molar-refractivity contribution in [3.8, 4) is 11.5 Å². The largest absolute Gasteiger partial charge is 0.457 e. The van der Waals surface area contributed by atoms with Crippen molar-refractivity contribution in [2.75, 3.05) is 13.6 Å². The van der Waals surface area contributed by atoms with Crippen LogP contribution in [-0.2, 0) is 6.18 Å². The number of alkyl halides is 3. The summed E-state index contributed by atoms with van der Waals surface area (Å²) in [5.74, 6) is -0.731. The maximum atomic E-state index is 13.9. The molecule has 0 saturated carbocycles. The Labute approximate surface area is 162 Å². The quantitative estimate of drug-likeness (QED) is 0.309. The zero-order chi connectivity index (χ0) is 21.1. The van der Waals surface area contributed by atoms with Gasteiger partial charge >= 0.3 is 6.18 Å². The first-order chi connectivity index (χ1) is 13.0. The summed E-state index contributed by atoms with van der Waals surface area (Å²) in [6.07, 6.45) is -3.14. The molecule has 0 N–H and O–H groups in total. The van der Waals surface area contributed by atoms with E-state index in [0.29, 0.717) is 17.7 Å². The summed E-state index contributed by atoms with van der Waals surface area (Å²) < 4.78 is 60.2. The van der Waals surface area contributed by atoms with Crippen LogP contribution in [0.25, 0.3) is 0 Å². The standard InChI is InChI=1S/C21H24F4N2O/c1-6-27(5)12-26-19-11-17(21(23,24)25)20(9-14(19)4)28-15-7-8-18(22)16(10-15)13(2)3/h7-13H,6H2,1-5H3. The highest BCUT2D eigenvalue weighted by atomic mass is 19.4. The van der Waals surface area contributed by atoms with Crippen molar-refractivity contribution >= 4 is 12.0 Å². The molecule has 0 unspecified atom stereocenters. The van der Waals surface area contributed by atoms with Gasteiger partial charge in [0.25, 0.3) is 0 Å². The molecule has 2 aromatic rings. The molecule has 7 heteroatoms. The summed E-state index contributed by atoms with van der Waals surface area (Å²) in [6, 6.07) is 6.22. The van der Waals surface area contributed by atoms with Gasteiger partial charge in [0.15, 0.2) is 0 Å². The Bertz CT molecular complexity index is 860. The van der Waals surface area contributed by atoms with Crippen molar-refractivity contribution in [3.63, 3.8) is 0 Å². The van der Waals surface area contributed by atoms with Crippen molar-refractivity contribution in [1.29, 1.82) is 0 Å². The summed E-state index contributed by atoms with van der Waals surface area (Å²) in [7, 11) is 1.78. The Morgan fingerprint density at radius 3 is 2.43 bits per heavy atom. The number of ether oxygens (including phenoxy) is 1. The van der Waals surface area contributed by atoms with Gasteiger partial charge in [0.2, 0.25) is 0 Å². The number of hydrogen-bond donors (Lipinski definition) is 0. The lowest BCUT2D eigenvalue weighted by Crippen LogP contribution is -2.14. The first-order valence-corrected chi connectivity index (χ1v) is 8.96. The molecule has 2 rings (SSSR count). The van der Waals surface area contributed by atoms with Crippen LogP contribution in [0.1, 0.15) is 43.4 Å². The minimum atomic E-state index is -4.62. The minimum absolute atomic E-state index is 0.125. The first kappa shape index (κ1) is 21.7. The van der Waals surface area contributed by atoms with E-state index >= 15 is 0 Å². The van der Waals surface area contributed by atoms with E-state index in [0.717, 1.165) is 6.07 Å². The van der Waals surface area contributed by atoms with Crippen LogP contribution in [0, 0.1) is 12.7 Å². The predicted octanol–water partition coefficient (Wildman–Crippen LogP) is 6.68. The molecular weight excluding hydrogens is 372 g/mol. The number of aliphatic imine (C=N–C) groups is 1. The fourth-order valence-corrected chi connectivity index (χ4v) is 2.51. The Morgan fingerprint density at radius 1 is 1.18 bits per heavy atom. The number of hydrogen-bond acceptors (Lipinski definition) is 2. The normalized spacial score (nSPS) is 12.1. The van der Waals surface area contributed by atoms with Crippen LogP contribution in [0.4, 0.5) is 23.2 Å². The molecule has 0 aliphatic rings. The SMILES string of the molecule is CCN(C)C=Nc1cc(C(F)(F)F)c(Oc2ccc(F)c(C(C)C)c2)cc1C. The number of rotatable bonds is 6. The van der Waals surface area contributed by atoms with Gasteiger partial charge in [-0.05, 0) is 61.2 Å². The van der Waals surface area contributed by atoms with Crippen molar-refractivity contribution in [2.45, 2.75) is 39.8 Å². The van der Waals surface area contributed by atoms with Gasteiger partial charge in [0, 0.05) is 13.6 Å². The minimum Gasteiger partial charge on any atom is -0.457 e. The summed E-state index contributed by atoms with van der Waals surface area (Å²) in [5, 5.41) is 0. The van der Waals surface area contributed by atoms with Gasteiger partial charge in [-0.15, -0.1) is 0 Å². The van der Waals surface area contributed by atoms with Crippen LogP contribution in [0.5, 0.6) is 11.5 Å². The molecule has 0 atom stereocenters. The maximum Gasteiger partial charge on any atom is 0.420 e. The summed E-state index contributed by atoms with van der Waals surface area (Å²) in [5.41, 5.74) is 0.198. The molecule has 3 nitrogen and oxygen atoms in total. The number of halogens is 4. The van der Waals surface area contributed by atoms with Gasteiger partial charge < -0.3 is 9.64 Å². The van der Waals surface area contributed by atoms with Crippen molar-refractivity contribution < 1.29 is 22.3 Å². The van der Waals surface area contributed by atoms with Gasteiger partial charge in [0.1, 0.15) is 22.9 Å². The van der Waals surface area contributed by atoms with Crippen LogP contribution in [-0.4, -0.2) is 24.8 Å². The predicted molar refractivity (Wildman–Crippen MR) is 103 cm³/mol. The molecule has 0 aromatic heterocycles. The summed E-state index contributed by atoms with van der Waals surface area (Å²) in [6.45, 7) is 7.85. The van der Waals surface area contributed by atoms with E-state index in [1.54, 1.807) is 32.7 Å². The van der Waals surface area contributed by atoms with Crippen LogP contribution in [0.3, 0.4) is 0 Å². The van der Waals surface area contributed by atoms with Gasteiger partial charge in [0.05, 0.1) is 12.0 Å². The van der Waals surface area contributed by atoms with Crippen LogP contribution in [0.2, 0.25) is 0 Å². The Kier molecular flexibility index (Phi) is 6.69. The molecule has 152 valence electrons. The van der Waals surface area contributed by atoms with E-state index in [2.05, 4.69) is 4.99 Å². The summed E-state index contributed by atoms with van der Waals surface area (Å²) >= 11 is 0. The molecule has 0 spiro atoms. The molecule has 0 aliphatic heterocycles. The van der Waals surface area contributed by atoms with E-state index in [1.807, 2.05) is 6.92 Å². The third-order valence-electron chi connectivity index (χ3n) is 4.31. The van der Waals surface area contributed by atoms with Gasteiger partial charge in [-0.25, -0.2) is 9.38 Å². The molecule has 0 saturated heterocycles. The van der Waals surface area contributed by atoms with Crippen LogP contribution < -0.4 is 4.74 Å². The second-order valence-electron chi connectivity index (χ2n) is 6.89. The zero-order valence-electron chi connectivity index (χ0n) is 16.6. The van der Waals surface area contributed by atoms with Crippen molar-refractivity contribution in [1.82, 2.24) is 4.90 Å². The topological polar surface area (TPSA) is 24.8 Å². The fourth-order valence-electron chi connectivity index (χ4n) is 2.51. The van der Waals surface area contributed by atoms with Crippen LogP contribution in [0.15, 0.2) is 35.3 Å². The Balaban J connectivity index is 2.48. The highest BCUT2D eigenvalue weighted by Crippen LogP contribution is 2.42. The van der Waals surface area contributed by atoms with Crippen molar-refractivity contribution in [2.24, 2.45) is 4.99 Å². The van der Waals surface area contributed by atoms with E-state index < -0.39 is 17.6 Å². The molecule has 0 amide bonds. The smallest absolute Gasteiger partial charge is 0.420 e. The second kappa shape index (κ2) is 8.63. The lowest BCUT2D eigenvalue weighted by molar-refractivity contribution is -0.138. The average Bonchev–Trinajstić information content (AvgIpc) is 2.61. The Hall–Kier alpha value is -2.57. The maximum absolute atomic E-state index is 13.9. The highest BCUT2D eigenvalue weighted by Gasteiger charge is 2.35. The third-order valence-corrected chi connectivity index (χ3v) is 4.31. The lowest BCUT2D eigenvalue weighted by atomic mass is 10.0. The van der Waals surface area contributed by atoms with Crippen molar-refractivity contribution in [3.05, 3.63) is 52.8 Å².